The first-order valence-electron chi connectivity index (χ1n) is 9.55. The zero-order chi connectivity index (χ0) is 21.5. The molecule has 3 N–H and O–H groups in total. The van der Waals surface area contributed by atoms with Crippen molar-refractivity contribution >= 4 is 40.4 Å². The van der Waals surface area contributed by atoms with Crippen LogP contribution in [0.3, 0.4) is 0 Å². The Labute approximate surface area is 179 Å². The number of benzene rings is 2. The van der Waals surface area contributed by atoms with Crippen molar-refractivity contribution in [2.45, 2.75) is 20.4 Å². The highest BCUT2D eigenvalue weighted by Crippen LogP contribution is 2.16. The third kappa shape index (κ3) is 5.78. The van der Waals surface area contributed by atoms with Gasteiger partial charge in [0.15, 0.2) is 0 Å². The van der Waals surface area contributed by atoms with Crippen LogP contribution in [0.4, 0.5) is 11.4 Å². The highest BCUT2D eigenvalue weighted by Gasteiger charge is 2.09. The second-order valence-corrected chi connectivity index (χ2v) is 7.98. The molecule has 0 fully saturated rings. The molecule has 0 unspecified atom stereocenters. The predicted molar refractivity (Wildman–Crippen MR) is 120 cm³/mol. The third-order valence-corrected chi connectivity index (χ3v) is 5.22. The molecule has 2 aromatic carbocycles. The van der Waals surface area contributed by atoms with Gasteiger partial charge in [-0.15, -0.1) is 11.3 Å². The van der Waals surface area contributed by atoms with E-state index < -0.39 is 0 Å². The first-order chi connectivity index (χ1) is 14.4. The fourth-order valence-corrected chi connectivity index (χ4v) is 3.22. The highest BCUT2D eigenvalue weighted by atomic mass is 32.1. The average molecular weight is 422 g/mol. The number of thiophene rings is 1. The Hall–Kier alpha value is -3.45. The number of amides is 3. The second kappa shape index (κ2) is 9.84. The van der Waals surface area contributed by atoms with E-state index in [9.17, 15) is 14.4 Å². The standard InChI is InChI=1S/C23H23N3O3S/c1-15(2)21(27)25-18-9-11-19(12-10-18)26-22(28)17-7-5-16(6-8-17)14-24-23(29)20-4-3-13-30-20/h3-13,15H,14H2,1-2H3,(H,24,29)(H,25,27)(H,26,28). The van der Waals surface area contributed by atoms with Gasteiger partial charge in [0.05, 0.1) is 4.88 Å². The summed E-state index contributed by atoms with van der Waals surface area (Å²) >= 11 is 1.39. The summed E-state index contributed by atoms with van der Waals surface area (Å²) in [6, 6.07) is 17.6. The molecule has 3 amide bonds. The Balaban J connectivity index is 1.53. The maximum Gasteiger partial charge on any atom is 0.261 e. The van der Waals surface area contributed by atoms with Crippen molar-refractivity contribution in [2.24, 2.45) is 5.92 Å². The van der Waals surface area contributed by atoms with Gasteiger partial charge in [0.1, 0.15) is 0 Å². The predicted octanol–water partition coefficient (Wildman–Crippen LogP) is 4.52. The van der Waals surface area contributed by atoms with E-state index in [-0.39, 0.29) is 23.6 Å². The topological polar surface area (TPSA) is 87.3 Å². The summed E-state index contributed by atoms with van der Waals surface area (Å²) in [5.41, 5.74) is 2.73. The summed E-state index contributed by atoms with van der Waals surface area (Å²) in [7, 11) is 0. The number of carbonyl (C=O) groups excluding carboxylic acids is 3. The van der Waals surface area contributed by atoms with Gasteiger partial charge in [-0.2, -0.15) is 0 Å². The van der Waals surface area contributed by atoms with Gasteiger partial charge in [-0.25, -0.2) is 0 Å². The number of hydrogen-bond donors (Lipinski definition) is 3. The van der Waals surface area contributed by atoms with E-state index in [2.05, 4.69) is 16.0 Å². The molecule has 0 aliphatic rings. The van der Waals surface area contributed by atoms with Crippen LogP contribution in [0.15, 0.2) is 66.0 Å². The molecular formula is C23H23N3O3S. The zero-order valence-corrected chi connectivity index (χ0v) is 17.6. The summed E-state index contributed by atoms with van der Waals surface area (Å²) in [4.78, 5) is 36.8. The molecule has 3 rings (SSSR count). The lowest BCUT2D eigenvalue weighted by atomic mass is 10.1. The normalized spacial score (nSPS) is 10.5. The van der Waals surface area contributed by atoms with Crippen LogP contribution in [0.25, 0.3) is 0 Å². The largest absolute Gasteiger partial charge is 0.347 e. The monoisotopic (exact) mass is 421 g/mol. The first kappa shape index (κ1) is 21.3. The van der Waals surface area contributed by atoms with Crippen molar-refractivity contribution in [3.63, 3.8) is 0 Å². The molecule has 3 aromatic rings. The van der Waals surface area contributed by atoms with Crippen LogP contribution in [-0.2, 0) is 11.3 Å². The van der Waals surface area contributed by atoms with Crippen LogP contribution < -0.4 is 16.0 Å². The number of rotatable bonds is 7. The Kier molecular flexibility index (Phi) is 6.98. The molecule has 154 valence electrons. The Morgan fingerprint density at radius 2 is 1.47 bits per heavy atom. The molecule has 30 heavy (non-hydrogen) atoms. The first-order valence-corrected chi connectivity index (χ1v) is 10.4. The fourth-order valence-electron chi connectivity index (χ4n) is 2.58. The minimum atomic E-state index is -0.233. The van der Waals surface area contributed by atoms with Crippen molar-refractivity contribution in [1.29, 1.82) is 0 Å². The van der Waals surface area contributed by atoms with E-state index in [1.165, 1.54) is 11.3 Å². The van der Waals surface area contributed by atoms with Gasteiger partial charge >= 0.3 is 0 Å². The highest BCUT2D eigenvalue weighted by molar-refractivity contribution is 7.12. The van der Waals surface area contributed by atoms with Crippen molar-refractivity contribution in [3.05, 3.63) is 82.0 Å². The third-order valence-electron chi connectivity index (χ3n) is 4.35. The van der Waals surface area contributed by atoms with Gasteiger partial charge < -0.3 is 16.0 Å². The van der Waals surface area contributed by atoms with Gasteiger partial charge in [-0.1, -0.05) is 32.0 Å². The minimum absolute atomic E-state index is 0.0570. The SMILES string of the molecule is CC(C)C(=O)Nc1ccc(NC(=O)c2ccc(CNC(=O)c3cccs3)cc2)cc1. The van der Waals surface area contributed by atoms with Crippen LogP contribution in [-0.4, -0.2) is 17.7 Å². The number of nitrogens with one attached hydrogen (secondary N) is 3. The lowest BCUT2D eigenvalue weighted by Crippen LogP contribution is -2.21. The Bertz CT molecular complexity index is 1010. The maximum atomic E-state index is 12.4. The lowest BCUT2D eigenvalue weighted by Gasteiger charge is -2.10. The van der Waals surface area contributed by atoms with E-state index in [4.69, 9.17) is 0 Å². The molecular weight excluding hydrogens is 398 g/mol. The van der Waals surface area contributed by atoms with Crippen LogP contribution in [0.5, 0.6) is 0 Å². The molecule has 1 aromatic heterocycles. The van der Waals surface area contributed by atoms with E-state index in [1.54, 1.807) is 42.5 Å². The summed E-state index contributed by atoms with van der Waals surface area (Å²) in [6.45, 7) is 4.04. The molecule has 0 bridgehead atoms. The molecule has 0 aliphatic carbocycles. The second-order valence-electron chi connectivity index (χ2n) is 7.03. The molecule has 7 heteroatoms. The van der Waals surface area contributed by atoms with Gasteiger partial charge in [-0.3, -0.25) is 14.4 Å². The van der Waals surface area contributed by atoms with E-state index >= 15 is 0 Å². The molecule has 0 atom stereocenters. The molecule has 0 radical (unpaired) electrons. The van der Waals surface area contributed by atoms with Crippen LogP contribution in [0.2, 0.25) is 0 Å². The number of anilines is 2. The molecule has 0 spiro atoms. The van der Waals surface area contributed by atoms with Gasteiger partial charge in [0, 0.05) is 29.4 Å². The molecule has 6 nitrogen and oxygen atoms in total. The number of carbonyl (C=O) groups is 3. The molecule has 0 aliphatic heterocycles. The zero-order valence-electron chi connectivity index (χ0n) is 16.8. The number of hydrogen-bond acceptors (Lipinski definition) is 4. The average Bonchev–Trinajstić information content (AvgIpc) is 3.28. The van der Waals surface area contributed by atoms with Crippen LogP contribution in [0.1, 0.15) is 39.4 Å². The van der Waals surface area contributed by atoms with E-state index in [0.29, 0.717) is 28.4 Å². The Morgan fingerprint density at radius 1 is 0.833 bits per heavy atom. The molecule has 0 saturated heterocycles. The van der Waals surface area contributed by atoms with Crippen LogP contribution >= 0.6 is 11.3 Å². The summed E-state index contributed by atoms with van der Waals surface area (Å²) in [5, 5.41) is 10.4. The van der Waals surface area contributed by atoms with Gasteiger partial charge in [0.2, 0.25) is 5.91 Å². The Morgan fingerprint density at radius 3 is 2.03 bits per heavy atom. The van der Waals surface area contributed by atoms with Gasteiger partial charge in [-0.05, 0) is 53.4 Å². The van der Waals surface area contributed by atoms with Gasteiger partial charge in [0.25, 0.3) is 11.8 Å². The minimum Gasteiger partial charge on any atom is -0.347 e. The van der Waals surface area contributed by atoms with Crippen LogP contribution in [0, 0.1) is 5.92 Å². The maximum absolute atomic E-state index is 12.4. The van der Waals surface area contributed by atoms with Crippen molar-refractivity contribution in [2.75, 3.05) is 10.6 Å². The fraction of sp³-hybridized carbons (Fsp3) is 0.174. The quantitative estimate of drug-likeness (QED) is 0.524. The molecule has 0 saturated carbocycles. The summed E-state index contributed by atoms with van der Waals surface area (Å²) in [5.74, 6) is -0.502. The lowest BCUT2D eigenvalue weighted by molar-refractivity contribution is -0.118. The summed E-state index contributed by atoms with van der Waals surface area (Å²) < 4.78 is 0. The van der Waals surface area contributed by atoms with E-state index in [1.807, 2.05) is 37.4 Å². The summed E-state index contributed by atoms with van der Waals surface area (Å²) in [6.07, 6.45) is 0. The van der Waals surface area contributed by atoms with Crippen molar-refractivity contribution in [1.82, 2.24) is 5.32 Å². The van der Waals surface area contributed by atoms with Crippen molar-refractivity contribution in [3.8, 4) is 0 Å². The molecule has 1 heterocycles. The van der Waals surface area contributed by atoms with E-state index in [0.717, 1.165) is 5.56 Å². The van der Waals surface area contributed by atoms with Crippen molar-refractivity contribution < 1.29 is 14.4 Å². The smallest absolute Gasteiger partial charge is 0.261 e.